The summed E-state index contributed by atoms with van der Waals surface area (Å²) >= 11 is 0. The van der Waals surface area contributed by atoms with E-state index < -0.39 is 0 Å². The minimum atomic E-state index is -0.0707. The molecule has 17 heavy (non-hydrogen) atoms. The first-order valence-corrected chi connectivity index (χ1v) is 5.88. The molecule has 2 heterocycles. The number of nitrogens with zero attached hydrogens (tertiary/aromatic N) is 2. The van der Waals surface area contributed by atoms with Gasteiger partial charge in [-0.15, -0.1) is 0 Å². The van der Waals surface area contributed by atoms with E-state index in [0.717, 1.165) is 6.42 Å². The van der Waals surface area contributed by atoms with Crippen molar-refractivity contribution in [2.45, 2.75) is 19.4 Å². The zero-order valence-electron chi connectivity index (χ0n) is 10.3. The molecule has 0 aliphatic carbocycles. The van der Waals surface area contributed by atoms with Crippen molar-refractivity contribution in [3.8, 4) is 0 Å². The number of amides is 1. The van der Waals surface area contributed by atoms with Crippen LogP contribution in [0, 0.1) is 5.92 Å². The van der Waals surface area contributed by atoms with Gasteiger partial charge < -0.3 is 20.3 Å². The summed E-state index contributed by atoms with van der Waals surface area (Å²) < 4.78 is 1.73. The number of aromatic nitrogens is 1. The Hall–Kier alpha value is -1.49. The standard InChI is InChI=1S/C12H19N3O2/c1-8-3-4-15(11(8)7-16)12(17)10-5-9(13)6-14(10)2/h5-6,8,11,16H,3-4,7,13H2,1-2H3. The second-order valence-corrected chi connectivity index (χ2v) is 4.78. The topological polar surface area (TPSA) is 71.5 Å². The Kier molecular flexibility index (Phi) is 3.11. The second kappa shape index (κ2) is 4.41. The average Bonchev–Trinajstić information content (AvgIpc) is 2.80. The van der Waals surface area contributed by atoms with Crippen molar-refractivity contribution in [1.29, 1.82) is 0 Å². The minimum absolute atomic E-state index is 0.0206. The molecule has 1 aromatic rings. The normalized spacial score (nSPS) is 24.3. The molecule has 5 nitrogen and oxygen atoms in total. The van der Waals surface area contributed by atoms with Crippen molar-refractivity contribution in [2.24, 2.45) is 13.0 Å². The molecule has 94 valence electrons. The van der Waals surface area contributed by atoms with Crippen LogP contribution in [0.5, 0.6) is 0 Å². The summed E-state index contributed by atoms with van der Waals surface area (Å²) in [5, 5.41) is 9.35. The van der Waals surface area contributed by atoms with E-state index in [2.05, 4.69) is 6.92 Å². The van der Waals surface area contributed by atoms with Crippen LogP contribution in [0.15, 0.2) is 12.3 Å². The monoisotopic (exact) mass is 237 g/mol. The highest BCUT2D eigenvalue weighted by Gasteiger charge is 2.35. The van der Waals surface area contributed by atoms with Gasteiger partial charge in [-0.25, -0.2) is 0 Å². The van der Waals surface area contributed by atoms with Gasteiger partial charge in [-0.1, -0.05) is 6.92 Å². The molecule has 2 atom stereocenters. The second-order valence-electron chi connectivity index (χ2n) is 4.78. The quantitative estimate of drug-likeness (QED) is 0.784. The van der Waals surface area contributed by atoms with Crippen LogP contribution in [0.1, 0.15) is 23.8 Å². The van der Waals surface area contributed by atoms with Gasteiger partial charge in [0.15, 0.2) is 0 Å². The molecule has 0 radical (unpaired) electrons. The number of anilines is 1. The van der Waals surface area contributed by atoms with Crippen LogP contribution < -0.4 is 5.73 Å². The highest BCUT2D eigenvalue weighted by Crippen LogP contribution is 2.25. The Bertz CT molecular complexity index is 427. The van der Waals surface area contributed by atoms with Gasteiger partial charge in [-0.2, -0.15) is 0 Å². The number of rotatable bonds is 2. The van der Waals surface area contributed by atoms with Gasteiger partial charge in [0.2, 0.25) is 0 Å². The zero-order chi connectivity index (χ0) is 12.6. The third kappa shape index (κ3) is 2.02. The lowest BCUT2D eigenvalue weighted by molar-refractivity contribution is 0.0639. The summed E-state index contributed by atoms with van der Waals surface area (Å²) in [6.07, 6.45) is 2.66. The molecular weight excluding hydrogens is 218 g/mol. The van der Waals surface area contributed by atoms with Crippen LogP contribution in [0.25, 0.3) is 0 Å². The van der Waals surface area contributed by atoms with Crippen molar-refractivity contribution in [2.75, 3.05) is 18.9 Å². The fourth-order valence-electron chi connectivity index (χ4n) is 2.49. The van der Waals surface area contributed by atoms with E-state index >= 15 is 0 Å². The molecule has 1 saturated heterocycles. The van der Waals surface area contributed by atoms with Gasteiger partial charge in [0.05, 0.1) is 18.3 Å². The van der Waals surface area contributed by atoms with E-state index in [9.17, 15) is 9.90 Å². The first kappa shape index (κ1) is 12.0. The molecule has 3 N–H and O–H groups in total. The highest BCUT2D eigenvalue weighted by atomic mass is 16.3. The lowest BCUT2D eigenvalue weighted by atomic mass is 10.0. The van der Waals surface area contributed by atoms with Crippen molar-refractivity contribution < 1.29 is 9.90 Å². The number of nitrogens with two attached hydrogens (primary N) is 1. The van der Waals surface area contributed by atoms with Gasteiger partial charge in [0, 0.05) is 19.8 Å². The largest absolute Gasteiger partial charge is 0.397 e. The van der Waals surface area contributed by atoms with Crippen molar-refractivity contribution >= 4 is 11.6 Å². The number of aliphatic hydroxyl groups is 1. The smallest absolute Gasteiger partial charge is 0.270 e. The summed E-state index contributed by atoms with van der Waals surface area (Å²) in [6, 6.07) is 1.61. The predicted molar refractivity (Wildman–Crippen MR) is 65.5 cm³/mol. The van der Waals surface area contributed by atoms with E-state index in [1.165, 1.54) is 0 Å². The van der Waals surface area contributed by atoms with E-state index in [1.54, 1.807) is 28.8 Å². The molecule has 1 amide bonds. The Morgan fingerprint density at radius 2 is 2.35 bits per heavy atom. The summed E-state index contributed by atoms with van der Waals surface area (Å²) in [6.45, 7) is 2.79. The summed E-state index contributed by atoms with van der Waals surface area (Å²) in [7, 11) is 1.80. The maximum atomic E-state index is 12.3. The maximum absolute atomic E-state index is 12.3. The molecule has 2 unspecified atom stereocenters. The van der Waals surface area contributed by atoms with Crippen LogP contribution in [0.4, 0.5) is 5.69 Å². The highest BCUT2D eigenvalue weighted by molar-refractivity contribution is 5.94. The van der Waals surface area contributed by atoms with Crippen molar-refractivity contribution in [1.82, 2.24) is 9.47 Å². The van der Waals surface area contributed by atoms with Gasteiger partial charge in [0.1, 0.15) is 5.69 Å². The Labute approximate surface area is 101 Å². The number of carbonyl (C=O) groups is 1. The molecule has 0 saturated carbocycles. The summed E-state index contributed by atoms with van der Waals surface area (Å²) in [4.78, 5) is 14.1. The first-order chi connectivity index (χ1) is 8.04. The zero-order valence-corrected chi connectivity index (χ0v) is 10.3. The third-order valence-electron chi connectivity index (χ3n) is 3.58. The molecule has 0 aromatic carbocycles. The number of nitrogen functional groups attached to an aromatic ring is 1. The Morgan fingerprint density at radius 3 is 2.88 bits per heavy atom. The number of aryl methyl sites for hydroxylation is 1. The minimum Gasteiger partial charge on any atom is -0.397 e. The Balaban J connectivity index is 2.23. The predicted octanol–water partition coefficient (Wildman–Crippen LogP) is 0.450. The SMILES string of the molecule is CC1CCN(C(=O)c2cc(N)cn2C)C1CO. The van der Waals surface area contributed by atoms with Crippen LogP contribution in [-0.4, -0.2) is 39.7 Å². The molecule has 1 fully saturated rings. The first-order valence-electron chi connectivity index (χ1n) is 5.88. The molecule has 1 aromatic heterocycles. The van der Waals surface area contributed by atoms with Crippen LogP contribution >= 0.6 is 0 Å². The van der Waals surface area contributed by atoms with Crippen LogP contribution in [0.3, 0.4) is 0 Å². The van der Waals surface area contributed by atoms with Crippen LogP contribution in [-0.2, 0) is 7.05 Å². The number of hydrogen-bond donors (Lipinski definition) is 2. The van der Waals surface area contributed by atoms with Crippen molar-refractivity contribution in [3.63, 3.8) is 0 Å². The lowest BCUT2D eigenvalue weighted by Crippen LogP contribution is -2.40. The average molecular weight is 237 g/mol. The number of likely N-dealkylation sites (tertiary alicyclic amines) is 1. The summed E-state index contributed by atoms with van der Waals surface area (Å²) in [5.74, 6) is 0.300. The molecule has 0 bridgehead atoms. The molecule has 1 aliphatic heterocycles. The number of hydrogen-bond acceptors (Lipinski definition) is 3. The molecule has 1 aliphatic rings. The van der Waals surface area contributed by atoms with E-state index in [0.29, 0.717) is 23.8 Å². The van der Waals surface area contributed by atoms with Gasteiger partial charge in [-0.3, -0.25) is 4.79 Å². The van der Waals surface area contributed by atoms with E-state index in [-0.39, 0.29) is 18.6 Å². The fourth-order valence-corrected chi connectivity index (χ4v) is 2.49. The van der Waals surface area contributed by atoms with Gasteiger partial charge in [0.25, 0.3) is 5.91 Å². The van der Waals surface area contributed by atoms with E-state index in [4.69, 9.17) is 5.73 Å². The molecule has 0 spiro atoms. The third-order valence-corrected chi connectivity index (χ3v) is 3.58. The fraction of sp³-hybridized carbons (Fsp3) is 0.583. The molecule has 2 rings (SSSR count). The summed E-state index contributed by atoms with van der Waals surface area (Å²) in [5.41, 5.74) is 6.83. The van der Waals surface area contributed by atoms with E-state index in [1.807, 2.05) is 0 Å². The van der Waals surface area contributed by atoms with Gasteiger partial charge >= 0.3 is 0 Å². The van der Waals surface area contributed by atoms with Crippen LogP contribution in [0.2, 0.25) is 0 Å². The number of aliphatic hydroxyl groups excluding tert-OH is 1. The Morgan fingerprint density at radius 1 is 1.65 bits per heavy atom. The van der Waals surface area contributed by atoms with Crippen molar-refractivity contribution in [3.05, 3.63) is 18.0 Å². The maximum Gasteiger partial charge on any atom is 0.270 e. The molecular formula is C12H19N3O2. The number of carbonyl (C=O) groups excluding carboxylic acids is 1. The van der Waals surface area contributed by atoms with Gasteiger partial charge in [-0.05, 0) is 18.4 Å². The molecule has 5 heteroatoms. The lowest BCUT2D eigenvalue weighted by Gasteiger charge is -2.25.